The van der Waals surface area contributed by atoms with E-state index in [4.69, 9.17) is 0 Å². The van der Waals surface area contributed by atoms with Crippen LogP contribution in [-0.2, 0) is 0 Å². The van der Waals surface area contributed by atoms with Crippen molar-refractivity contribution in [2.75, 3.05) is 19.6 Å². The summed E-state index contributed by atoms with van der Waals surface area (Å²) in [6.45, 7) is 4.62. The van der Waals surface area contributed by atoms with E-state index < -0.39 is 12.6 Å². The summed E-state index contributed by atoms with van der Waals surface area (Å²) < 4.78 is 36.7. The second kappa shape index (κ2) is 6.44. The molecule has 5 heteroatoms. The van der Waals surface area contributed by atoms with Gasteiger partial charge in [0.2, 0.25) is 0 Å². The molecule has 2 aliphatic rings. The van der Waals surface area contributed by atoms with Gasteiger partial charge in [0.25, 0.3) is 0 Å². The van der Waals surface area contributed by atoms with Gasteiger partial charge in [-0.3, -0.25) is 4.90 Å². The third kappa shape index (κ3) is 4.95. The van der Waals surface area contributed by atoms with Gasteiger partial charge < -0.3 is 5.32 Å². The van der Waals surface area contributed by atoms with E-state index in [0.717, 1.165) is 31.8 Å². The third-order valence-corrected chi connectivity index (χ3v) is 4.28. The van der Waals surface area contributed by atoms with Gasteiger partial charge in [-0.2, -0.15) is 13.2 Å². The highest BCUT2D eigenvalue weighted by molar-refractivity contribution is 4.94. The molecule has 0 aromatic carbocycles. The minimum Gasteiger partial charge on any atom is -0.311 e. The maximum Gasteiger partial charge on any atom is 0.389 e. The van der Waals surface area contributed by atoms with Gasteiger partial charge in [-0.15, -0.1) is 0 Å². The first kappa shape index (κ1) is 15.1. The van der Waals surface area contributed by atoms with Crippen LogP contribution >= 0.6 is 0 Å². The Morgan fingerprint density at radius 1 is 1.26 bits per heavy atom. The Morgan fingerprint density at radius 3 is 2.58 bits per heavy atom. The molecule has 0 radical (unpaired) electrons. The predicted octanol–water partition coefficient (Wildman–Crippen LogP) is 3.18. The average Bonchev–Trinajstić information content (AvgIpc) is 3.13. The van der Waals surface area contributed by atoms with E-state index in [1.54, 1.807) is 0 Å². The predicted molar refractivity (Wildman–Crippen MR) is 70.1 cm³/mol. The quantitative estimate of drug-likeness (QED) is 0.803. The highest BCUT2D eigenvalue weighted by Gasteiger charge is 2.37. The summed E-state index contributed by atoms with van der Waals surface area (Å²) in [4.78, 5) is 2.30. The second-order valence-corrected chi connectivity index (χ2v) is 6.01. The highest BCUT2D eigenvalue weighted by atomic mass is 19.4. The molecule has 1 N–H and O–H groups in total. The number of rotatable bonds is 6. The van der Waals surface area contributed by atoms with Crippen molar-refractivity contribution < 1.29 is 13.2 Å². The van der Waals surface area contributed by atoms with Crippen LogP contribution in [0.25, 0.3) is 0 Å². The van der Waals surface area contributed by atoms with Crippen LogP contribution in [0.1, 0.15) is 45.4 Å². The first-order valence-corrected chi connectivity index (χ1v) is 7.54. The lowest BCUT2D eigenvalue weighted by Crippen LogP contribution is -2.57. The summed E-state index contributed by atoms with van der Waals surface area (Å²) in [5.74, 6) is 0.771. The molecule has 2 fully saturated rings. The molecule has 1 saturated heterocycles. The van der Waals surface area contributed by atoms with Crippen molar-refractivity contribution in [2.24, 2.45) is 5.92 Å². The lowest BCUT2D eigenvalue weighted by atomic mass is 10.0. The first-order chi connectivity index (χ1) is 8.99. The van der Waals surface area contributed by atoms with E-state index in [0.29, 0.717) is 18.6 Å². The topological polar surface area (TPSA) is 15.3 Å². The summed E-state index contributed by atoms with van der Waals surface area (Å²) in [7, 11) is 0. The summed E-state index contributed by atoms with van der Waals surface area (Å²) in [6.07, 6.45) is 0.320. The third-order valence-electron chi connectivity index (χ3n) is 4.28. The summed E-state index contributed by atoms with van der Waals surface area (Å²) in [5, 5.41) is 3.59. The molecule has 2 nitrogen and oxygen atoms in total. The van der Waals surface area contributed by atoms with E-state index in [1.165, 1.54) is 12.8 Å². The van der Waals surface area contributed by atoms with Gasteiger partial charge in [0, 0.05) is 31.6 Å². The molecule has 2 atom stereocenters. The Bertz CT molecular complexity index is 276. The van der Waals surface area contributed by atoms with Gasteiger partial charge in [-0.25, -0.2) is 0 Å². The Morgan fingerprint density at radius 2 is 2.00 bits per heavy atom. The van der Waals surface area contributed by atoms with Crippen LogP contribution in [-0.4, -0.2) is 42.8 Å². The van der Waals surface area contributed by atoms with Crippen LogP contribution in [0.3, 0.4) is 0 Å². The molecule has 19 heavy (non-hydrogen) atoms. The molecule has 0 amide bonds. The molecular weight excluding hydrogens is 253 g/mol. The molecule has 2 unspecified atom stereocenters. The molecule has 2 rings (SSSR count). The normalized spacial score (nSPS) is 29.7. The SMILES string of the molecule is CCCC1CNC(C2CC2)CN1CCCC(F)(F)F. The van der Waals surface area contributed by atoms with Crippen LogP contribution in [0.15, 0.2) is 0 Å². The molecule has 1 aliphatic heterocycles. The summed E-state index contributed by atoms with van der Waals surface area (Å²) in [6, 6.07) is 0.937. The van der Waals surface area contributed by atoms with E-state index in [2.05, 4.69) is 17.1 Å². The number of piperazine rings is 1. The Labute approximate surface area is 113 Å². The van der Waals surface area contributed by atoms with E-state index in [-0.39, 0.29) is 6.42 Å². The van der Waals surface area contributed by atoms with Gasteiger partial charge in [0.15, 0.2) is 0 Å². The second-order valence-electron chi connectivity index (χ2n) is 6.01. The van der Waals surface area contributed by atoms with Crippen molar-refractivity contribution in [1.29, 1.82) is 0 Å². The van der Waals surface area contributed by atoms with Crippen molar-refractivity contribution in [3.63, 3.8) is 0 Å². The molecule has 1 heterocycles. The zero-order valence-electron chi connectivity index (χ0n) is 11.7. The lowest BCUT2D eigenvalue weighted by Gasteiger charge is -2.41. The van der Waals surface area contributed by atoms with Crippen molar-refractivity contribution in [2.45, 2.75) is 63.7 Å². The number of hydrogen-bond acceptors (Lipinski definition) is 2. The van der Waals surface area contributed by atoms with Crippen molar-refractivity contribution in [3.8, 4) is 0 Å². The van der Waals surface area contributed by atoms with Crippen LogP contribution in [0.2, 0.25) is 0 Å². The zero-order valence-corrected chi connectivity index (χ0v) is 11.7. The van der Waals surface area contributed by atoms with Gasteiger partial charge >= 0.3 is 6.18 Å². The van der Waals surface area contributed by atoms with Crippen LogP contribution in [0, 0.1) is 5.92 Å². The van der Waals surface area contributed by atoms with Crippen LogP contribution < -0.4 is 5.32 Å². The molecule has 0 aromatic heterocycles. The average molecular weight is 278 g/mol. The number of nitrogens with one attached hydrogen (secondary N) is 1. The van der Waals surface area contributed by atoms with Crippen molar-refractivity contribution in [3.05, 3.63) is 0 Å². The van der Waals surface area contributed by atoms with Gasteiger partial charge in [-0.1, -0.05) is 13.3 Å². The lowest BCUT2D eigenvalue weighted by molar-refractivity contribution is -0.136. The minimum atomic E-state index is -4.01. The summed E-state index contributed by atoms with van der Waals surface area (Å²) in [5.41, 5.74) is 0. The Balaban J connectivity index is 1.80. The molecule has 0 spiro atoms. The molecule has 1 saturated carbocycles. The number of alkyl halides is 3. The smallest absolute Gasteiger partial charge is 0.311 e. The zero-order chi connectivity index (χ0) is 13.9. The van der Waals surface area contributed by atoms with Crippen LogP contribution in [0.4, 0.5) is 13.2 Å². The molecule has 0 aromatic rings. The number of hydrogen-bond donors (Lipinski definition) is 1. The highest BCUT2D eigenvalue weighted by Crippen LogP contribution is 2.34. The first-order valence-electron chi connectivity index (χ1n) is 7.54. The molecular formula is C14H25F3N2. The maximum atomic E-state index is 12.2. The summed E-state index contributed by atoms with van der Waals surface area (Å²) >= 11 is 0. The monoisotopic (exact) mass is 278 g/mol. The Kier molecular flexibility index (Phi) is 5.12. The van der Waals surface area contributed by atoms with E-state index in [9.17, 15) is 13.2 Å². The van der Waals surface area contributed by atoms with Gasteiger partial charge in [0.05, 0.1) is 0 Å². The number of halogens is 3. The fraction of sp³-hybridized carbons (Fsp3) is 1.00. The standard InChI is InChI=1S/C14H25F3N2/c1-2-4-12-9-18-13(11-5-6-11)10-19(12)8-3-7-14(15,16)17/h11-13,18H,2-10H2,1H3. The van der Waals surface area contributed by atoms with Crippen LogP contribution in [0.5, 0.6) is 0 Å². The van der Waals surface area contributed by atoms with E-state index in [1.807, 2.05) is 0 Å². The Hall–Kier alpha value is -0.290. The fourth-order valence-electron chi connectivity index (χ4n) is 3.07. The molecule has 0 bridgehead atoms. The van der Waals surface area contributed by atoms with Crippen molar-refractivity contribution >= 4 is 0 Å². The van der Waals surface area contributed by atoms with E-state index >= 15 is 0 Å². The molecule has 112 valence electrons. The van der Waals surface area contributed by atoms with Crippen molar-refractivity contribution in [1.82, 2.24) is 10.2 Å². The largest absolute Gasteiger partial charge is 0.389 e. The minimum absolute atomic E-state index is 0.237. The number of nitrogens with zero attached hydrogens (tertiary/aromatic N) is 1. The van der Waals surface area contributed by atoms with Gasteiger partial charge in [0.1, 0.15) is 0 Å². The molecule has 1 aliphatic carbocycles. The van der Waals surface area contributed by atoms with Gasteiger partial charge in [-0.05, 0) is 38.1 Å². The maximum absolute atomic E-state index is 12.2. The fourth-order valence-corrected chi connectivity index (χ4v) is 3.07.